The number of carbonyl (C=O) groups excluding carboxylic acids is 2. The van der Waals surface area contributed by atoms with Crippen molar-refractivity contribution in [2.24, 2.45) is 0 Å². The van der Waals surface area contributed by atoms with Crippen molar-refractivity contribution < 1.29 is 19.1 Å². The molecule has 0 aliphatic carbocycles. The van der Waals surface area contributed by atoms with Crippen molar-refractivity contribution in [1.29, 1.82) is 0 Å². The second kappa shape index (κ2) is 23.3. The second-order valence-corrected chi connectivity index (χ2v) is 10.3. The second-order valence-electron chi connectivity index (χ2n) is 10.3. The number of esters is 2. The zero-order valence-corrected chi connectivity index (χ0v) is 24.1. The molecule has 0 aliphatic rings. The molecule has 0 radical (unpaired) electrons. The van der Waals surface area contributed by atoms with E-state index < -0.39 is 0 Å². The average Bonchev–Trinajstić information content (AvgIpc) is 2.81. The Morgan fingerprint density at radius 1 is 0.600 bits per heavy atom. The molecule has 0 N–H and O–H groups in total. The maximum Gasteiger partial charge on any atom is 0.306 e. The molecule has 0 rings (SSSR count). The molecule has 0 aromatic carbocycles. The van der Waals surface area contributed by atoms with E-state index in [1.807, 2.05) is 0 Å². The average molecular weight is 499 g/mol. The van der Waals surface area contributed by atoms with Gasteiger partial charge in [0.1, 0.15) is 12.2 Å². The zero-order chi connectivity index (χ0) is 26.3. The third kappa shape index (κ3) is 20.7. The van der Waals surface area contributed by atoms with Crippen molar-refractivity contribution in [1.82, 2.24) is 9.80 Å². The van der Waals surface area contributed by atoms with E-state index in [1.54, 1.807) is 0 Å². The van der Waals surface area contributed by atoms with Gasteiger partial charge in [-0.05, 0) is 72.1 Å². The lowest BCUT2D eigenvalue weighted by Crippen LogP contribution is -2.42. The van der Waals surface area contributed by atoms with E-state index in [9.17, 15) is 9.59 Å². The van der Waals surface area contributed by atoms with Crippen LogP contribution in [0.25, 0.3) is 0 Å². The van der Waals surface area contributed by atoms with E-state index in [1.165, 1.54) is 0 Å². The lowest BCUT2D eigenvalue weighted by atomic mass is 10.1. The molecule has 0 aromatic heterocycles. The Morgan fingerprint density at radius 3 is 1.40 bits per heavy atom. The van der Waals surface area contributed by atoms with Gasteiger partial charge >= 0.3 is 11.9 Å². The van der Waals surface area contributed by atoms with Crippen LogP contribution in [-0.4, -0.2) is 74.2 Å². The fourth-order valence-electron chi connectivity index (χ4n) is 4.21. The van der Waals surface area contributed by atoms with Crippen molar-refractivity contribution in [3.05, 3.63) is 0 Å². The van der Waals surface area contributed by atoms with Gasteiger partial charge in [-0.25, -0.2) is 0 Å². The molecule has 6 heteroatoms. The minimum absolute atomic E-state index is 0.0716. The van der Waals surface area contributed by atoms with Gasteiger partial charge < -0.3 is 14.4 Å². The smallest absolute Gasteiger partial charge is 0.306 e. The van der Waals surface area contributed by atoms with Gasteiger partial charge in [-0.2, -0.15) is 0 Å². The van der Waals surface area contributed by atoms with Crippen LogP contribution in [-0.2, 0) is 19.1 Å². The lowest BCUT2D eigenvalue weighted by molar-refractivity contribution is -0.152. The predicted molar refractivity (Wildman–Crippen MR) is 147 cm³/mol. The Morgan fingerprint density at radius 2 is 1.03 bits per heavy atom. The Hall–Kier alpha value is -1.14. The quantitative estimate of drug-likeness (QED) is 0.110. The summed E-state index contributed by atoms with van der Waals surface area (Å²) in [5, 5.41) is 0. The third-order valence-corrected chi connectivity index (χ3v) is 6.33. The highest BCUT2D eigenvalue weighted by Gasteiger charge is 2.23. The van der Waals surface area contributed by atoms with Crippen molar-refractivity contribution >= 4 is 11.9 Å². The number of hydrogen-bond acceptors (Lipinski definition) is 6. The summed E-state index contributed by atoms with van der Waals surface area (Å²) in [4.78, 5) is 29.6. The summed E-state index contributed by atoms with van der Waals surface area (Å²) in [6, 6.07) is 0. The molecule has 35 heavy (non-hydrogen) atoms. The van der Waals surface area contributed by atoms with Crippen molar-refractivity contribution in [3.8, 4) is 0 Å². The summed E-state index contributed by atoms with van der Waals surface area (Å²) in [5.41, 5.74) is 0. The fraction of sp³-hybridized carbons (Fsp3) is 0.931. The Bertz CT molecular complexity index is 475. The van der Waals surface area contributed by atoms with Gasteiger partial charge in [0.2, 0.25) is 0 Å². The molecule has 0 amide bonds. The molecule has 2 atom stereocenters. The predicted octanol–water partition coefficient (Wildman–Crippen LogP) is 6.60. The highest BCUT2D eigenvalue weighted by molar-refractivity contribution is 5.69. The van der Waals surface area contributed by atoms with Crippen LogP contribution < -0.4 is 0 Å². The summed E-state index contributed by atoms with van der Waals surface area (Å²) in [7, 11) is 4.18. The number of ether oxygens (including phenoxy) is 2. The first-order valence-electron chi connectivity index (χ1n) is 14.6. The highest BCUT2D eigenvalue weighted by atomic mass is 16.5. The maximum absolute atomic E-state index is 12.5. The standard InChI is InChI=1S/C29H58N2O4/c1-7-11-15-20-28(32)34-26(18-13-9-3)24-31(23-17-22-30(5)6)25-27(19-14-10-4)35-29(33)21-16-12-8-2/h26-27H,7-25H2,1-6H3. The Balaban J connectivity index is 5.26. The molecule has 0 aromatic rings. The van der Waals surface area contributed by atoms with Crippen LogP contribution in [0.15, 0.2) is 0 Å². The van der Waals surface area contributed by atoms with Crippen LogP contribution in [0.2, 0.25) is 0 Å². The van der Waals surface area contributed by atoms with Crippen LogP contribution in [0.3, 0.4) is 0 Å². The van der Waals surface area contributed by atoms with Crippen LogP contribution in [0, 0.1) is 0 Å². The molecule has 6 nitrogen and oxygen atoms in total. The molecule has 208 valence electrons. The summed E-state index contributed by atoms with van der Waals surface area (Å²) in [5.74, 6) is -0.143. The van der Waals surface area contributed by atoms with Gasteiger partial charge in [-0.15, -0.1) is 0 Å². The zero-order valence-electron chi connectivity index (χ0n) is 24.1. The van der Waals surface area contributed by atoms with Crippen LogP contribution >= 0.6 is 0 Å². The van der Waals surface area contributed by atoms with E-state index in [2.05, 4.69) is 51.6 Å². The SMILES string of the molecule is CCCCCC(=O)OC(CCCC)CN(CCCN(C)C)CC(CCCC)OC(=O)CCCCC. The first-order valence-corrected chi connectivity index (χ1v) is 14.6. The summed E-state index contributed by atoms with van der Waals surface area (Å²) >= 11 is 0. The van der Waals surface area contributed by atoms with Crippen molar-refractivity contribution in [3.63, 3.8) is 0 Å². The van der Waals surface area contributed by atoms with Gasteiger partial charge in [0, 0.05) is 25.9 Å². The van der Waals surface area contributed by atoms with Crippen molar-refractivity contribution in [2.75, 3.05) is 40.3 Å². The molecule has 0 heterocycles. The van der Waals surface area contributed by atoms with Gasteiger partial charge in [0.15, 0.2) is 0 Å². The first kappa shape index (κ1) is 33.9. The summed E-state index contributed by atoms with van der Waals surface area (Å²) in [6.07, 6.45) is 14.0. The Labute approximate surface area is 217 Å². The maximum atomic E-state index is 12.5. The number of nitrogens with zero attached hydrogens (tertiary/aromatic N) is 2. The Kier molecular flexibility index (Phi) is 22.5. The largest absolute Gasteiger partial charge is 0.461 e. The minimum atomic E-state index is -0.101. The number of carbonyl (C=O) groups is 2. The molecule has 2 unspecified atom stereocenters. The van der Waals surface area contributed by atoms with E-state index >= 15 is 0 Å². The monoisotopic (exact) mass is 498 g/mol. The van der Waals surface area contributed by atoms with E-state index in [0.717, 1.165) is 96.6 Å². The topological polar surface area (TPSA) is 59.1 Å². The van der Waals surface area contributed by atoms with Gasteiger partial charge in [0.05, 0.1) is 0 Å². The molecule has 0 bridgehead atoms. The molecule has 0 aliphatic heterocycles. The normalized spacial score (nSPS) is 13.3. The lowest BCUT2D eigenvalue weighted by Gasteiger charge is -2.31. The number of hydrogen-bond donors (Lipinski definition) is 0. The summed E-state index contributed by atoms with van der Waals surface area (Å²) < 4.78 is 11.9. The van der Waals surface area contributed by atoms with E-state index in [-0.39, 0.29) is 24.1 Å². The molecule has 0 spiro atoms. The van der Waals surface area contributed by atoms with Gasteiger partial charge in [-0.3, -0.25) is 14.5 Å². The summed E-state index contributed by atoms with van der Waals surface area (Å²) in [6.45, 7) is 12.0. The van der Waals surface area contributed by atoms with Gasteiger partial charge in [0.25, 0.3) is 0 Å². The van der Waals surface area contributed by atoms with Crippen LogP contribution in [0.1, 0.15) is 124 Å². The minimum Gasteiger partial charge on any atom is -0.461 e. The third-order valence-electron chi connectivity index (χ3n) is 6.33. The van der Waals surface area contributed by atoms with Crippen molar-refractivity contribution in [2.45, 2.75) is 136 Å². The molecular weight excluding hydrogens is 440 g/mol. The molecule has 0 fully saturated rings. The van der Waals surface area contributed by atoms with Gasteiger partial charge in [-0.1, -0.05) is 66.2 Å². The molecule has 0 saturated heterocycles. The molecular formula is C29H58N2O4. The number of rotatable bonds is 24. The van der Waals surface area contributed by atoms with Crippen LogP contribution in [0.4, 0.5) is 0 Å². The van der Waals surface area contributed by atoms with E-state index in [4.69, 9.17) is 9.47 Å². The van der Waals surface area contributed by atoms with E-state index in [0.29, 0.717) is 25.9 Å². The first-order chi connectivity index (χ1) is 16.9. The fourth-order valence-corrected chi connectivity index (χ4v) is 4.21. The molecule has 0 saturated carbocycles. The van der Waals surface area contributed by atoms with Crippen LogP contribution in [0.5, 0.6) is 0 Å². The number of unbranched alkanes of at least 4 members (excludes halogenated alkanes) is 6. The highest BCUT2D eigenvalue weighted by Crippen LogP contribution is 2.15.